The summed E-state index contributed by atoms with van der Waals surface area (Å²) in [4.78, 5) is 11.3. The second-order valence-electron chi connectivity index (χ2n) is 3.99. The molecule has 3 heteroatoms. The van der Waals surface area contributed by atoms with E-state index in [1.165, 1.54) is 6.07 Å². The Morgan fingerprint density at radius 1 is 1.24 bits per heavy atom. The van der Waals surface area contributed by atoms with Gasteiger partial charge in [-0.3, -0.25) is 0 Å². The molecule has 0 N–H and O–H groups in total. The van der Waals surface area contributed by atoms with Crippen molar-refractivity contribution in [2.45, 2.75) is 27.2 Å². The van der Waals surface area contributed by atoms with Crippen molar-refractivity contribution in [1.29, 1.82) is 0 Å². The zero-order valence-electron chi connectivity index (χ0n) is 10.4. The molecule has 0 saturated carbocycles. The summed E-state index contributed by atoms with van der Waals surface area (Å²) in [6.07, 6.45) is 0.893. The highest BCUT2D eigenvalue weighted by Crippen LogP contribution is 2.27. The van der Waals surface area contributed by atoms with Crippen molar-refractivity contribution in [2.75, 3.05) is 6.61 Å². The molecule has 0 atom stereocenters. The van der Waals surface area contributed by atoms with Crippen molar-refractivity contribution in [3.8, 4) is 5.75 Å². The first-order chi connectivity index (χ1) is 8.15. The summed E-state index contributed by atoms with van der Waals surface area (Å²) >= 11 is 0. The van der Waals surface area contributed by atoms with Crippen molar-refractivity contribution in [2.24, 2.45) is 0 Å². The van der Waals surface area contributed by atoms with Crippen LogP contribution in [0.1, 0.15) is 25.0 Å². The predicted molar refractivity (Wildman–Crippen MR) is 67.8 cm³/mol. The van der Waals surface area contributed by atoms with Crippen molar-refractivity contribution in [1.82, 2.24) is 0 Å². The molecule has 2 aromatic rings. The zero-order chi connectivity index (χ0) is 12.4. The van der Waals surface area contributed by atoms with Crippen molar-refractivity contribution in [3.63, 3.8) is 0 Å². The second kappa shape index (κ2) is 4.62. The molecule has 0 aliphatic heterocycles. The van der Waals surface area contributed by atoms with Gasteiger partial charge in [-0.15, -0.1) is 0 Å². The Labute approximate surface area is 100 Å². The van der Waals surface area contributed by atoms with Crippen LogP contribution in [0.4, 0.5) is 0 Å². The highest BCUT2D eigenvalue weighted by molar-refractivity contribution is 5.82. The molecule has 0 aliphatic carbocycles. The lowest BCUT2D eigenvalue weighted by Gasteiger charge is -2.10. The lowest BCUT2D eigenvalue weighted by molar-refractivity contribution is 0.336. The molecule has 1 aromatic carbocycles. The van der Waals surface area contributed by atoms with Crippen LogP contribution in [-0.4, -0.2) is 6.61 Å². The Bertz CT molecular complexity index is 596. The van der Waals surface area contributed by atoms with Crippen molar-refractivity contribution >= 4 is 11.0 Å². The van der Waals surface area contributed by atoms with Gasteiger partial charge in [0.2, 0.25) is 0 Å². The average Bonchev–Trinajstić information content (AvgIpc) is 2.28. The van der Waals surface area contributed by atoms with Crippen LogP contribution in [0, 0.1) is 6.92 Å². The van der Waals surface area contributed by atoms with Crippen LogP contribution in [0.5, 0.6) is 5.75 Å². The van der Waals surface area contributed by atoms with Gasteiger partial charge in [-0.05, 0) is 37.5 Å². The molecule has 0 bridgehead atoms. The third-order valence-corrected chi connectivity index (χ3v) is 2.81. The van der Waals surface area contributed by atoms with Crippen LogP contribution in [0.15, 0.2) is 27.4 Å². The number of ether oxygens (including phenoxy) is 1. The molecule has 0 amide bonds. The van der Waals surface area contributed by atoms with Crippen LogP contribution >= 0.6 is 0 Å². The van der Waals surface area contributed by atoms with Gasteiger partial charge in [-0.25, -0.2) is 4.79 Å². The summed E-state index contributed by atoms with van der Waals surface area (Å²) in [6.45, 7) is 6.54. The summed E-state index contributed by atoms with van der Waals surface area (Å²) in [6, 6.07) is 5.37. The normalized spacial score (nSPS) is 10.8. The van der Waals surface area contributed by atoms with Gasteiger partial charge in [0.15, 0.2) is 0 Å². The molecular formula is C14H16O3. The molecule has 2 rings (SSSR count). The summed E-state index contributed by atoms with van der Waals surface area (Å²) in [5.74, 6) is 0.802. The maximum Gasteiger partial charge on any atom is 0.336 e. The Morgan fingerprint density at radius 3 is 2.65 bits per heavy atom. The Kier molecular flexibility index (Phi) is 3.18. The van der Waals surface area contributed by atoms with E-state index in [2.05, 4.69) is 6.92 Å². The van der Waals surface area contributed by atoms with E-state index in [9.17, 15) is 4.79 Å². The van der Waals surface area contributed by atoms with E-state index in [-0.39, 0.29) is 5.63 Å². The minimum atomic E-state index is -0.318. The first-order valence-corrected chi connectivity index (χ1v) is 5.85. The fourth-order valence-electron chi connectivity index (χ4n) is 1.96. The number of hydrogen-bond acceptors (Lipinski definition) is 3. The Morgan fingerprint density at radius 2 is 2.00 bits per heavy atom. The monoisotopic (exact) mass is 232 g/mol. The lowest BCUT2D eigenvalue weighted by Crippen LogP contribution is -2.00. The maximum absolute atomic E-state index is 11.3. The summed E-state index contributed by atoms with van der Waals surface area (Å²) < 4.78 is 10.7. The van der Waals surface area contributed by atoms with Crippen LogP contribution in [0.2, 0.25) is 0 Å². The first-order valence-electron chi connectivity index (χ1n) is 5.85. The topological polar surface area (TPSA) is 39.4 Å². The molecule has 90 valence electrons. The number of fused-ring (bicyclic) bond motifs is 1. The minimum absolute atomic E-state index is 0.318. The van der Waals surface area contributed by atoms with Gasteiger partial charge >= 0.3 is 5.63 Å². The minimum Gasteiger partial charge on any atom is -0.493 e. The summed E-state index contributed by atoms with van der Waals surface area (Å²) in [5.41, 5.74) is 2.35. The van der Waals surface area contributed by atoms with Crippen molar-refractivity contribution in [3.05, 3.63) is 39.7 Å². The van der Waals surface area contributed by atoms with E-state index in [4.69, 9.17) is 9.15 Å². The van der Waals surface area contributed by atoms with Gasteiger partial charge < -0.3 is 9.15 Å². The van der Waals surface area contributed by atoms with Gasteiger partial charge in [-0.1, -0.05) is 6.92 Å². The fraction of sp³-hybridized carbons (Fsp3) is 0.357. The lowest BCUT2D eigenvalue weighted by atomic mass is 10.1. The smallest absolute Gasteiger partial charge is 0.336 e. The van der Waals surface area contributed by atoms with Crippen LogP contribution in [-0.2, 0) is 6.42 Å². The van der Waals surface area contributed by atoms with E-state index in [1.54, 1.807) is 0 Å². The molecule has 3 nitrogen and oxygen atoms in total. The molecule has 0 fully saturated rings. The second-order valence-corrected chi connectivity index (χ2v) is 3.99. The molecule has 1 heterocycles. The standard InChI is InChI=1S/C14H16O3/c1-4-10-7-11-9(3)6-14(15)17-13(11)8-12(10)16-5-2/h6-8H,4-5H2,1-3H3. The highest BCUT2D eigenvalue weighted by Gasteiger charge is 2.08. The fourth-order valence-corrected chi connectivity index (χ4v) is 1.96. The zero-order valence-corrected chi connectivity index (χ0v) is 10.4. The molecule has 0 unspecified atom stereocenters. The Hall–Kier alpha value is -1.77. The molecule has 1 aromatic heterocycles. The van der Waals surface area contributed by atoms with E-state index in [0.717, 1.165) is 28.7 Å². The van der Waals surface area contributed by atoms with Crippen LogP contribution in [0.3, 0.4) is 0 Å². The van der Waals surface area contributed by atoms with E-state index in [1.807, 2.05) is 26.0 Å². The third kappa shape index (κ3) is 2.18. The Balaban J connectivity index is 2.73. The molecule has 17 heavy (non-hydrogen) atoms. The maximum atomic E-state index is 11.3. The SMILES string of the molecule is CCOc1cc2oc(=O)cc(C)c2cc1CC. The number of aryl methyl sites for hydroxylation is 2. The van der Waals surface area contributed by atoms with Gasteiger partial charge in [0.05, 0.1) is 6.61 Å². The number of benzene rings is 1. The van der Waals surface area contributed by atoms with Gasteiger partial charge in [-0.2, -0.15) is 0 Å². The average molecular weight is 232 g/mol. The number of hydrogen-bond donors (Lipinski definition) is 0. The van der Waals surface area contributed by atoms with E-state index < -0.39 is 0 Å². The molecule has 0 aliphatic rings. The molecule has 0 saturated heterocycles. The predicted octanol–water partition coefficient (Wildman–Crippen LogP) is 3.06. The van der Waals surface area contributed by atoms with Gasteiger partial charge in [0.25, 0.3) is 0 Å². The van der Waals surface area contributed by atoms with Gasteiger partial charge in [0, 0.05) is 17.5 Å². The highest BCUT2D eigenvalue weighted by atomic mass is 16.5. The number of rotatable bonds is 3. The third-order valence-electron chi connectivity index (χ3n) is 2.81. The summed E-state index contributed by atoms with van der Waals surface area (Å²) in [7, 11) is 0. The molecule has 0 radical (unpaired) electrons. The summed E-state index contributed by atoms with van der Waals surface area (Å²) in [5, 5.41) is 0.977. The molecule has 0 spiro atoms. The van der Waals surface area contributed by atoms with Crippen LogP contribution in [0.25, 0.3) is 11.0 Å². The molecular weight excluding hydrogens is 216 g/mol. The largest absolute Gasteiger partial charge is 0.493 e. The van der Waals surface area contributed by atoms with Crippen LogP contribution < -0.4 is 10.4 Å². The van der Waals surface area contributed by atoms with Crippen molar-refractivity contribution < 1.29 is 9.15 Å². The van der Waals surface area contributed by atoms with Gasteiger partial charge in [0.1, 0.15) is 11.3 Å². The van der Waals surface area contributed by atoms with E-state index in [0.29, 0.717) is 12.2 Å². The quantitative estimate of drug-likeness (QED) is 0.763. The van der Waals surface area contributed by atoms with E-state index >= 15 is 0 Å². The first kappa shape index (κ1) is 11.7.